The largest absolute Gasteiger partial charge is 0.467 e. The van der Waals surface area contributed by atoms with Gasteiger partial charge in [-0.05, 0) is 30.9 Å². The maximum atomic E-state index is 12.7. The molecule has 140 valence electrons. The first-order valence-corrected chi connectivity index (χ1v) is 9.80. The molecule has 2 aromatic rings. The smallest absolute Gasteiger partial charge is 0.328 e. The number of thiazole rings is 1. The monoisotopic (exact) mass is 375 g/mol. The summed E-state index contributed by atoms with van der Waals surface area (Å²) in [5.41, 5.74) is 1.01. The summed E-state index contributed by atoms with van der Waals surface area (Å²) in [5.74, 6) is -0.202. The van der Waals surface area contributed by atoms with Crippen molar-refractivity contribution in [2.24, 2.45) is 5.92 Å². The molecule has 2 heterocycles. The van der Waals surface area contributed by atoms with E-state index in [2.05, 4.69) is 11.4 Å². The number of carbonyl (C=O) groups is 2. The maximum absolute atomic E-state index is 12.7. The number of aromatic nitrogens is 1. The van der Waals surface area contributed by atoms with Gasteiger partial charge in [0.05, 0.1) is 22.3 Å². The van der Waals surface area contributed by atoms with Crippen LogP contribution in [0.2, 0.25) is 0 Å². The van der Waals surface area contributed by atoms with Crippen molar-refractivity contribution < 1.29 is 14.3 Å². The number of urea groups is 1. The summed E-state index contributed by atoms with van der Waals surface area (Å²) in [6.45, 7) is 5.10. The van der Waals surface area contributed by atoms with Gasteiger partial charge < -0.3 is 15.0 Å². The van der Waals surface area contributed by atoms with Crippen LogP contribution in [-0.2, 0) is 9.53 Å². The SMILES string of the molecule is COC(=O)[C@@H](NC(=O)N1CCCC(c2nc3ccccc3s2)C1)C(C)C. The molecule has 1 aliphatic heterocycles. The average Bonchev–Trinajstić information content (AvgIpc) is 3.09. The Morgan fingerprint density at radius 2 is 2.12 bits per heavy atom. The van der Waals surface area contributed by atoms with Gasteiger partial charge in [-0.1, -0.05) is 26.0 Å². The van der Waals surface area contributed by atoms with Gasteiger partial charge in [0, 0.05) is 19.0 Å². The number of fused-ring (bicyclic) bond motifs is 1. The van der Waals surface area contributed by atoms with Crippen LogP contribution < -0.4 is 5.32 Å². The molecule has 1 aromatic carbocycles. The molecule has 1 unspecified atom stereocenters. The number of esters is 1. The van der Waals surface area contributed by atoms with E-state index < -0.39 is 12.0 Å². The molecule has 1 aliphatic rings. The highest BCUT2D eigenvalue weighted by Crippen LogP contribution is 2.32. The van der Waals surface area contributed by atoms with E-state index in [9.17, 15) is 9.59 Å². The number of piperidine rings is 1. The van der Waals surface area contributed by atoms with E-state index in [1.807, 2.05) is 32.0 Å². The highest BCUT2D eigenvalue weighted by molar-refractivity contribution is 7.18. The predicted octanol–water partition coefficient (Wildman–Crippen LogP) is 3.38. The van der Waals surface area contributed by atoms with Crippen molar-refractivity contribution in [1.82, 2.24) is 15.2 Å². The standard InChI is InChI=1S/C19H25N3O3S/c1-12(2)16(18(23)25-3)21-19(24)22-10-6-7-13(11-22)17-20-14-8-4-5-9-15(14)26-17/h4-5,8-9,12-13,16H,6-7,10-11H2,1-3H3,(H,21,24)/t13?,16-/m0/s1. The van der Waals surface area contributed by atoms with Crippen molar-refractivity contribution in [1.29, 1.82) is 0 Å². The molecule has 7 heteroatoms. The van der Waals surface area contributed by atoms with E-state index in [0.717, 1.165) is 23.4 Å². The Bertz CT molecular complexity index is 756. The lowest BCUT2D eigenvalue weighted by atomic mass is 9.99. The number of ether oxygens (including phenoxy) is 1. The zero-order valence-electron chi connectivity index (χ0n) is 15.4. The molecule has 0 saturated carbocycles. The van der Waals surface area contributed by atoms with Crippen LogP contribution >= 0.6 is 11.3 Å². The van der Waals surface area contributed by atoms with Gasteiger partial charge in [0.2, 0.25) is 0 Å². The van der Waals surface area contributed by atoms with Crippen molar-refractivity contribution in [3.8, 4) is 0 Å². The first kappa shape index (κ1) is 18.6. The lowest BCUT2D eigenvalue weighted by Gasteiger charge is -2.33. The number of para-hydroxylation sites is 1. The molecule has 0 bridgehead atoms. The fourth-order valence-electron chi connectivity index (χ4n) is 3.28. The maximum Gasteiger partial charge on any atom is 0.328 e. The van der Waals surface area contributed by atoms with Gasteiger partial charge in [-0.15, -0.1) is 11.3 Å². The van der Waals surface area contributed by atoms with Gasteiger partial charge in [0.1, 0.15) is 6.04 Å². The van der Waals surface area contributed by atoms with Gasteiger partial charge >= 0.3 is 12.0 Å². The van der Waals surface area contributed by atoms with Gasteiger partial charge in [-0.2, -0.15) is 0 Å². The number of nitrogens with zero attached hydrogens (tertiary/aromatic N) is 2. The lowest BCUT2D eigenvalue weighted by molar-refractivity contribution is -0.144. The number of likely N-dealkylation sites (tertiary alicyclic amines) is 1. The van der Waals surface area contributed by atoms with Crippen molar-refractivity contribution in [3.05, 3.63) is 29.3 Å². The molecule has 0 radical (unpaired) electrons. The number of hydrogen-bond acceptors (Lipinski definition) is 5. The molecule has 3 rings (SSSR count). The summed E-state index contributed by atoms with van der Waals surface area (Å²) in [7, 11) is 1.34. The van der Waals surface area contributed by atoms with Crippen molar-refractivity contribution in [3.63, 3.8) is 0 Å². The third kappa shape index (κ3) is 3.98. The molecule has 2 amide bonds. The number of amides is 2. The minimum atomic E-state index is -0.629. The van der Waals surface area contributed by atoms with Gasteiger partial charge in [0.15, 0.2) is 0 Å². The third-order valence-electron chi connectivity index (χ3n) is 4.77. The summed E-state index contributed by atoms with van der Waals surface area (Å²) in [4.78, 5) is 31.1. The Labute approximate surface area is 157 Å². The second-order valence-electron chi connectivity index (χ2n) is 7.00. The quantitative estimate of drug-likeness (QED) is 0.832. The topological polar surface area (TPSA) is 71.5 Å². The Kier molecular flexibility index (Phi) is 5.76. The Morgan fingerprint density at radius 1 is 1.35 bits per heavy atom. The lowest BCUT2D eigenvalue weighted by Crippen LogP contribution is -2.52. The summed E-state index contributed by atoms with van der Waals surface area (Å²) < 4.78 is 5.98. The van der Waals surface area contributed by atoms with Crippen molar-refractivity contribution >= 4 is 33.6 Å². The fraction of sp³-hybridized carbons (Fsp3) is 0.526. The van der Waals surface area contributed by atoms with E-state index in [0.29, 0.717) is 13.1 Å². The van der Waals surface area contributed by atoms with Gasteiger partial charge in [0.25, 0.3) is 0 Å². The molecule has 1 N–H and O–H groups in total. The van der Waals surface area contributed by atoms with Crippen LogP contribution in [-0.4, -0.2) is 48.1 Å². The number of rotatable bonds is 4. The second kappa shape index (κ2) is 8.03. The molecular weight excluding hydrogens is 350 g/mol. The number of benzene rings is 1. The molecule has 2 atom stereocenters. The molecule has 26 heavy (non-hydrogen) atoms. The van der Waals surface area contributed by atoms with Crippen molar-refractivity contribution in [2.45, 2.75) is 38.6 Å². The van der Waals surface area contributed by atoms with Crippen LogP contribution in [0.25, 0.3) is 10.2 Å². The molecule has 1 fully saturated rings. The molecular formula is C19H25N3O3S. The van der Waals surface area contributed by atoms with Crippen LogP contribution in [0.3, 0.4) is 0 Å². The van der Waals surface area contributed by atoms with Crippen LogP contribution in [0.4, 0.5) is 4.79 Å². The molecule has 0 aliphatic carbocycles. The summed E-state index contributed by atoms with van der Waals surface area (Å²) in [5, 5.41) is 3.91. The first-order valence-electron chi connectivity index (χ1n) is 8.98. The van der Waals surface area contributed by atoms with Crippen LogP contribution in [0.1, 0.15) is 37.6 Å². The average molecular weight is 375 g/mol. The Morgan fingerprint density at radius 3 is 2.81 bits per heavy atom. The molecule has 0 spiro atoms. The zero-order valence-corrected chi connectivity index (χ0v) is 16.2. The summed E-state index contributed by atoms with van der Waals surface area (Å²) in [6, 6.07) is 7.27. The first-order chi connectivity index (χ1) is 12.5. The number of methoxy groups -OCH3 is 1. The van der Waals surface area contributed by atoms with E-state index in [4.69, 9.17) is 9.72 Å². The van der Waals surface area contributed by atoms with Crippen LogP contribution in [0.15, 0.2) is 24.3 Å². The Hall–Kier alpha value is -2.15. The normalized spacial score (nSPS) is 18.8. The molecule has 6 nitrogen and oxygen atoms in total. The van der Waals surface area contributed by atoms with Crippen LogP contribution in [0.5, 0.6) is 0 Å². The third-order valence-corrected chi connectivity index (χ3v) is 5.97. The van der Waals surface area contributed by atoms with Gasteiger partial charge in [-0.25, -0.2) is 14.6 Å². The van der Waals surface area contributed by atoms with Gasteiger partial charge in [-0.3, -0.25) is 0 Å². The highest BCUT2D eigenvalue weighted by atomic mass is 32.1. The minimum Gasteiger partial charge on any atom is -0.467 e. The van der Waals surface area contributed by atoms with Crippen LogP contribution in [0, 0.1) is 5.92 Å². The summed E-state index contributed by atoms with van der Waals surface area (Å²) >= 11 is 1.70. The zero-order chi connectivity index (χ0) is 18.7. The fourth-order valence-corrected chi connectivity index (χ4v) is 4.37. The minimum absolute atomic E-state index is 0.0313. The predicted molar refractivity (Wildman–Crippen MR) is 102 cm³/mol. The highest BCUT2D eigenvalue weighted by Gasteiger charge is 2.31. The van der Waals surface area contributed by atoms with E-state index in [1.165, 1.54) is 11.8 Å². The van der Waals surface area contributed by atoms with E-state index in [-0.39, 0.29) is 17.9 Å². The molecule has 1 aromatic heterocycles. The number of carbonyl (C=O) groups excluding carboxylic acids is 2. The van der Waals surface area contributed by atoms with Crippen molar-refractivity contribution in [2.75, 3.05) is 20.2 Å². The molecule has 1 saturated heterocycles. The number of nitrogens with one attached hydrogen (secondary N) is 1. The Balaban J connectivity index is 1.69. The second-order valence-corrected chi connectivity index (χ2v) is 8.06. The number of hydrogen-bond donors (Lipinski definition) is 1. The van der Waals surface area contributed by atoms with E-state index >= 15 is 0 Å². The van der Waals surface area contributed by atoms with E-state index in [1.54, 1.807) is 16.2 Å². The summed E-state index contributed by atoms with van der Waals surface area (Å²) in [6.07, 6.45) is 1.95.